The van der Waals surface area contributed by atoms with Crippen LogP contribution in [-0.4, -0.2) is 22.6 Å². The Bertz CT molecular complexity index is 392. The van der Waals surface area contributed by atoms with Gasteiger partial charge < -0.3 is 11.1 Å². The highest BCUT2D eigenvalue weighted by atomic mass is 16.1. The van der Waals surface area contributed by atoms with Crippen LogP contribution in [0, 0.1) is 5.92 Å². The molecule has 0 aliphatic rings. The van der Waals surface area contributed by atoms with Crippen molar-refractivity contribution in [1.29, 1.82) is 0 Å². The second kappa shape index (κ2) is 6.00. The molecule has 1 heterocycles. The largest absolute Gasteiger partial charge is 0.330 e. The number of hydrogen-bond acceptors (Lipinski definition) is 3. The molecule has 1 atom stereocenters. The maximum Gasteiger partial charge on any atom is 0.228 e. The zero-order valence-electron chi connectivity index (χ0n) is 11.7. The topological polar surface area (TPSA) is 83.8 Å². The fraction of sp³-hybridized carbons (Fsp3) is 0.692. The number of carbonyl (C=O) groups excluding carboxylic acids is 1. The lowest BCUT2D eigenvalue weighted by Crippen LogP contribution is -2.21. The summed E-state index contributed by atoms with van der Waals surface area (Å²) in [5.74, 6) is 0.545. The van der Waals surface area contributed by atoms with Crippen LogP contribution in [0.3, 0.4) is 0 Å². The van der Waals surface area contributed by atoms with Gasteiger partial charge in [-0.3, -0.25) is 9.89 Å². The molecule has 1 rings (SSSR count). The summed E-state index contributed by atoms with van der Waals surface area (Å²) >= 11 is 0. The van der Waals surface area contributed by atoms with E-state index in [9.17, 15) is 4.79 Å². The Labute approximate surface area is 109 Å². The SMILES string of the molecule is CC(CCCN)C(=O)Nc1cc(C(C)(C)C)[nH]n1. The van der Waals surface area contributed by atoms with Gasteiger partial charge in [0.2, 0.25) is 5.91 Å². The van der Waals surface area contributed by atoms with Gasteiger partial charge in [0.1, 0.15) is 0 Å². The highest BCUT2D eigenvalue weighted by Crippen LogP contribution is 2.22. The number of aromatic nitrogens is 2. The van der Waals surface area contributed by atoms with Gasteiger partial charge in [0.05, 0.1) is 0 Å². The molecule has 18 heavy (non-hydrogen) atoms. The summed E-state index contributed by atoms with van der Waals surface area (Å²) in [6, 6.07) is 1.88. The van der Waals surface area contributed by atoms with Crippen molar-refractivity contribution in [3.8, 4) is 0 Å². The number of amides is 1. The smallest absolute Gasteiger partial charge is 0.228 e. The Morgan fingerprint density at radius 2 is 2.22 bits per heavy atom. The molecule has 4 N–H and O–H groups in total. The van der Waals surface area contributed by atoms with Gasteiger partial charge in [-0.15, -0.1) is 0 Å². The third-order valence-electron chi connectivity index (χ3n) is 2.93. The quantitative estimate of drug-likeness (QED) is 0.749. The first kappa shape index (κ1) is 14.7. The van der Waals surface area contributed by atoms with Crippen LogP contribution in [-0.2, 0) is 10.2 Å². The Balaban J connectivity index is 2.57. The third kappa shape index (κ3) is 4.14. The van der Waals surface area contributed by atoms with Crippen LogP contribution in [0.2, 0.25) is 0 Å². The predicted molar refractivity (Wildman–Crippen MR) is 73.4 cm³/mol. The van der Waals surface area contributed by atoms with E-state index in [1.54, 1.807) is 0 Å². The van der Waals surface area contributed by atoms with Crippen LogP contribution in [0.4, 0.5) is 5.82 Å². The first-order chi connectivity index (χ1) is 8.34. The van der Waals surface area contributed by atoms with Crippen molar-refractivity contribution in [2.24, 2.45) is 11.7 Å². The highest BCUT2D eigenvalue weighted by molar-refractivity contribution is 5.91. The molecular formula is C13H24N4O. The number of hydrogen-bond donors (Lipinski definition) is 3. The van der Waals surface area contributed by atoms with Gasteiger partial charge in [0.25, 0.3) is 0 Å². The number of nitrogens with two attached hydrogens (primary N) is 1. The molecule has 1 unspecified atom stereocenters. The lowest BCUT2D eigenvalue weighted by Gasteiger charge is -2.14. The molecule has 1 amide bonds. The molecule has 0 bridgehead atoms. The first-order valence-electron chi connectivity index (χ1n) is 6.41. The molecular weight excluding hydrogens is 228 g/mol. The van der Waals surface area contributed by atoms with Crippen molar-refractivity contribution in [2.45, 2.75) is 46.0 Å². The van der Waals surface area contributed by atoms with Crippen LogP contribution in [0.25, 0.3) is 0 Å². The molecule has 0 fully saturated rings. The van der Waals surface area contributed by atoms with Gasteiger partial charge in [0, 0.05) is 23.1 Å². The van der Waals surface area contributed by atoms with Crippen molar-refractivity contribution in [3.63, 3.8) is 0 Å². The van der Waals surface area contributed by atoms with E-state index in [1.807, 2.05) is 13.0 Å². The summed E-state index contributed by atoms with van der Waals surface area (Å²) in [6.45, 7) is 8.80. The Morgan fingerprint density at radius 3 is 2.72 bits per heavy atom. The second-order valence-corrected chi connectivity index (χ2v) is 5.74. The zero-order valence-corrected chi connectivity index (χ0v) is 11.7. The van der Waals surface area contributed by atoms with E-state index in [0.29, 0.717) is 12.4 Å². The molecule has 5 nitrogen and oxygen atoms in total. The van der Waals surface area contributed by atoms with Crippen molar-refractivity contribution in [2.75, 3.05) is 11.9 Å². The normalized spacial score (nSPS) is 13.4. The monoisotopic (exact) mass is 252 g/mol. The Morgan fingerprint density at radius 1 is 1.56 bits per heavy atom. The number of nitrogens with one attached hydrogen (secondary N) is 2. The van der Waals surface area contributed by atoms with E-state index in [0.717, 1.165) is 18.5 Å². The summed E-state index contributed by atoms with van der Waals surface area (Å²) in [5.41, 5.74) is 6.44. The molecule has 1 aromatic rings. The summed E-state index contributed by atoms with van der Waals surface area (Å²) < 4.78 is 0. The molecule has 0 radical (unpaired) electrons. The summed E-state index contributed by atoms with van der Waals surface area (Å²) in [7, 11) is 0. The van der Waals surface area contributed by atoms with Gasteiger partial charge in [-0.05, 0) is 19.4 Å². The van der Waals surface area contributed by atoms with E-state index in [2.05, 4.69) is 36.3 Å². The van der Waals surface area contributed by atoms with Crippen molar-refractivity contribution < 1.29 is 4.79 Å². The molecule has 0 spiro atoms. The number of H-pyrrole nitrogens is 1. The van der Waals surface area contributed by atoms with E-state index >= 15 is 0 Å². The molecule has 0 saturated carbocycles. The fourth-order valence-electron chi connectivity index (χ4n) is 1.57. The van der Waals surface area contributed by atoms with E-state index in [-0.39, 0.29) is 17.2 Å². The van der Waals surface area contributed by atoms with Crippen LogP contribution < -0.4 is 11.1 Å². The van der Waals surface area contributed by atoms with Crippen LogP contribution >= 0.6 is 0 Å². The first-order valence-corrected chi connectivity index (χ1v) is 6.41. The van der Waals surface area contributed by atoms with E-state index in [4.69, 9.17) is 5.73 Å². The van der Waals surface area contributed by atoms with Crippen LogP contribution in [0.15, 0.2) is 6.07 Å². The number of anilines is 1. The van der Waals surface area contributed by atoms with Crippen molar-refractivity contribution in [3.05, 3.63) is 11.8 Å². The average Bonchev–Trinajstić information content (AvgIpc) is 2.73. The van der Waals surface area contributed by atoms with Crippen molar-refractivity contribution >= 4 is 11.7 Å². The minimum absolute atomic E-state index is 0.00113. The fourth-order valence-corrected chi connectivity index (χ4v) is 1.57. The van der Waals surface area contributed by atoms with Gasteiger partial charge in [-0.2, -0.15) is 5.10 Å². The number of carbonyl (C=O) groups is 1. The molecule has 1 aromatic heterocycles. The standard InChI is InChI=1S/C13H24N4O/c1-9(6-5-7-14)12(18)15-11-8-10(16-17-11)13(2,3)4/h8-9H,5-7,14H2,1-4H3,(H2,15,16,17,18). The molecule has 0 saturated heterocycles. The van der Waals surface area contributed by atoms with Crippen molar-refractivity contribution in [1.82, 2.24) is 10.2 Å². The minimum atomic E-state index is -0.0386. The molecule has 0 aromatic carbocycles. The van der Waals surface area contributed by atoms with Gasteiger partial charge >= 0.3 is 0 Å². The second-order valence-electron chi connectivity index (χ2n) is 5.74. The third-order valence-corrected chi connectivity index (χ3v) is 2.93. The molecule has 0 aliphatic heterocycles. The summed E-state index contributed by atoms with van der Waals surface area (Å²) in [6.07, 6.45) is 1.67. The van der Waals surface area contributed by atoms with E-state index < -0.39 is 0 Å². The van der Waals surface area contributed by atoms with Gasteiger partial charge in [-0.25, -0.2) is 0 Å². The lowest BCUT2D eigenvalue weighted by atomic mass is 9.92. The molecule has 102 valence electrons. The highest BCUT2D eigenvalue weighted by Gasteiger charge is 2.18. The number of nitrogens with zero attached hydrogens (tertiary/aromatic N) is 1. The molecule has 0 aliphatic carbocycles. The van der Waals surface area contributed by atoms with Crippen LogP contribution in [0.5, 0.6) is 0 Å². The van der Waals surface area contributed by atoms with Gasteiger partial charge in [0.15, 0.2) is 5.82 Å². The number of rotatable bonds is 5. The maximum atomic E-state index is 11.9. The van der Waals surface area contributed by atoms with E-state index in [1.165, 1.54) is 0 Å². The lowest BCUT2D eigenvalue weighted by molar-refractivity contribution is -0.119. The minimum Gasteiger partial charge on any atom is -0.330 e. The zero-order chi connectivity index (χ0) is 13.8. The Hall–Kier alpha value is -1.36. The molecule has 5 heteroatoms. The maximum absolute atomic E-state index is 11.9. The van der Waals surface area contributed by atoms with Gasteiger partial charge in [-0.1, -0.05) is 27.7 Å². The predicted octanol–water partition coefficient (Wildman–Crippen LogP) is 2.02. The summed E-state index contributed by atoms with van der Waals surface area (Å²) in [4.78, 5) is 11.9. The Kier molecular flexibility index (Phi) is 4.90. The summed E-state index contributed by atoms with van der Waals surface area (Å²) in [5, 5.41) is 9.87. The number of aromatic amines is 1. The van der Waals surface area contributed by atoms with Crippen LogP contribution in [0.1, 0.15) is 46.2 Å². The average molecular weight is 252 g/mol.